The molecule has 1 N–H and O–H groups in total. The van der Waals surface area contributed by atoms with Crippen molar-refractivity contribution in [2.24, 2.45) is 0 Å². The summed E-state index contributed by atoms with van der Waals surface area (Å²) in [6, 6.07) is 18.1. The van der Waals surface area contributed by atoms with Gasteiger partial charge in [0.2, 0.25) is 5.91 Å². The highest BCUT2D eigenvalue weighted by molar-refractivity contribution is 7.93. The molecule has 0 radical (unpaired) electrons. The molecule has 11 heteroatoms. The zero-order valence-corrected chi connectivity index (χ0v) is 22.0. The number of amides is 1. The van der Waals surface area contributed by atoms with Crippen molar-refractivity contribution in [3.05, 3.63) is 78.4 Å². The third-order valence-corrected chi connectivity index (χ3v) is 8.36. The average molecular weight is 533 g/mol. The number of carbonyl (C=O) groups excluding carboxylic acids is 1. The van der Waals surface area contributed by atoms with Crippen LogP contribution in [0.2, 0.25) is 0 Å². The van der Waals surface area contributed by atoms with Crippen molar-refractivity contribution in [1.29, 1.82) is 0 Å². The minimum atomic E-state index is -4.16. The number of methoxy groups -OCH3 is 2. The standard InChI is InChI=1S/C25H28N2O7S2/c1-18(19-10-12-21(13-11-19)35(4,29)30)26-25(28)17-27(20-8-6-5-7-9-20)36(31,32)22-14-15-23(33-2)24(16-22)34-3/h5-16,18H,17H2,1-4H3,(H,26,28). The number of ether oxygens (including phenoxy) is 2. The van der Waals surface area contributed by atoms with Crippen LogP contribution < -0.4 is 19.1 Å². The van der Waals surface area contributed by atoms with Gasteiger partial charge < -0.3 is 14.8 Å². The Morgan fingerprint density at radius 2 is 1.44 bits per heavy atom. The second kappa shape index (κ2) is 11.0. The molecule has 1 atom stereocenters. The SMILES string of the molecule is COc1ccc(S(=O)(=O)N(CC(=O)NC(C)c2ccc(S(C)(=O)=O)cc2)c2ccccc2)cc1OC. The summed E-state index contributed by atoms with van der Waals surface area (Å²) in [4.78, 5) is 13.1. The highest BCUT2D eigenvalue weighted by Gasteiger charge is 2.28. The molecule has 0 aliphatic heterocycles. The molecule has 0 aliphatic carbocycles. The molecule has 36 heavy (non-hydrogen) atoms. The second-order valence-electron chi connectivity index (χ2n) is 7.99. The third-order valence-electron chi connectivity index (χ3n) is 5.46. The molecule has 0 spiro atoms. The van der Waals surface area contributed by atoms with Crippen LogP contribution in [0.4, 0.5) is 5.69 Å². The van der Waals surface area contributed by atoms with Gasteiger partial charge in [-0.3, -0.25) is 9.10 Å². The topological polar surface area (TPSA) is 119 Å². The van der Waals surface area contributed by atoms with Crippen LogP contribution in [-0.2, 0) is 24.7 Å². The first-order valence-corrected chi connectivity index (χ1v) is 14.2. The van der Waals surface area contributed by atoms with E-state index in [-0.39, 0.29) is 15.5 Å². The summed E-state index contributed by atoms with van der Waals surface area (Å²) in [6.45, 7) is 1.25. The summed E-state index contributed by atoms with van der Waals surface area (Å²) in [5, 5.41) is 2.78. The van der Waals surface area contributed by atoms with Gasteiger partial charge in [0.05, 0.1) is 35.7 Å². The Kier molecular flexibility index (Phi) is 8.26. The number of benzene rings is 3. The smallest absolute Gasteiger partial charge is 0.264 e. The minimum absolute atomic E-state index is 0.0683. The number of hydrogen-bond donors (Lipinski definition) is 1. The minimum Gasteiger partial charge on any atom is -0.493 e. The van der Waals surface area contributed by atoms with Crippen molar-refractivity contribution < 1.29 is 31.1 Å². The summed E-state index contributed by atoms with van der Waals surface area (Å²) < 4.78 is 62.1. The molecular formula is C25H28N2O7S2. The van der Waals surface area contributed by atoms with Crippen LogP contribution in [0.15, 0.2) is 82.6 Å². The van der Waals surface area contributed by atoms with Gasteiger partial charge in [0.25, 0.3) is 10.0 Å². The lowest BCUT2D eigenvalue weighted by atomic mass is 10.1. The Morgan fingerprint density at radius 3 is 2.00 bits per heavy atom. The van der Waals surface area contributed by atoms with Crippen LogP contribution >= 0.6 is 0 Å². The second-order valence-corrected chi connectivity index (χ2v) is 11.9. The number of rotatable bonds is 10. The fourth-order valence-electron chi connectivity index (χ4n) is 3.52. The Bertz CT molecular complexity index is 1420. The molecule has 0 saturated carbocycles. The van der Waals surface area contributed by atoms with Crippen LogP contribution in [0.25, 0.3) is 0 Å². The summed E-state index contributed by atoms with van der Waals surface area (Å²) in [5.41, 5.74) is 0.984. The van der Waals surface area contributed by atoms with Gasteiger partial charge in [0, 0.05) is 12.3 Å². The predicted octanol–water partition coefficient (Wildman–Crippen LogP) is 3.18. The van der Waals surface area contributed by atoms with E-state index in [4.69, 9.17) is 9.47 Å². The van der Waals surface area contributed by atoms with Crippen LogP contribution in [-0.4, -0.2) is 49.8 Å². The molecule has 3 aromatic carbocycles. The van der Waals surface area contributed by atoms with E-state index in [0.29, 0.717) is 17.0 Å². The molecule has 1 amide bonds. The quantitative estimate of drug-likeness (QED) is 0.426. The molecule has 0 aromatic heterocycles. The average Bonchev–Trinajstić information content (AvgIpc) is 2.86. The number of hydrogen-bond acceptors (Lipinski definition) is 7. The number of nitrogens with zero attached hydrogens (tertiary/aromatic N) is 1. The number of nitrogens with one attached hydrogen (secondary N) is 1. The van der Waals surface area contributed by atoms with Gasteiger partial charge in [0.15, 0.2) is 21.3 Å². The first kappa shape index (κ1) is 27.0. The van der Waals surface area contributed by atoms with E-state index in [1.54, 1.807) is 49.4 Å². The fourth-order valence-corrected chi connectivity index (χ4v) is 5.59. The summed E-state index contributed by atoms with van der Waals surface area (Å²) in [7, 11) is -4.65. The number of anilines is 1. The van der Waals surface area contributed by atoms with Gasteiger partial charge in [-0.2, -0.15) is 0 Å². The maximum absolute atomic E-state index is 13.6. The number of sulfonamides is 1. The maximum atomic E-state index is 13.6. The van der Waals surface area contributed by atoms with E-state index >= 15 is 0 Å². The van der Waals surface area contributed by atoms with Crippen molar-refractivity contribution in [2.75, 3.05) is 31.3 Å². The molecule has 0 aliphatic rings. The van der Waals surface area contributed by atoms with Crippen molar-refractivity contribution >= 4 is 31.5 Å². The molecule has 0 bridgehead atoms. The molecule has 192 valence electrons. The van der Waals surface area contributed by atoms with E-state index in [9.17, 15) is 21.6 Å². The van der Waals surface area contributed by atoms with E-state index in [0.717, 1.165) is 10.6 Å². The molecule has 0 heterocycles. The third kappa shape index (κ3) is 6.16. The first-order chi connectivity index (χ1) is 17.0. The Morgan fingerprint density at radius 1 is 0.861 bits per heavy atom. The Labute approximate surface area is 211 Å². The lowest BCUT2D eigenvalue weighted by Gasteiger charge is -2.25. The lowest BCUT2D eigenvalue weighted by Crippen LogP contribution is -2.41. The summed E-state index contributed by atoms with van der Waals surface area (Å²) >= 11 is 0. The molecular weight excluding hydrogens is 504 g/mol. The van der Waals surface area contributed by atoms with Crippen molar-refractivity contribution in [3.8, 4) is 11.5 Å². The van der Waals surface area contributed by atoms with Crippen LogP contribution in [0, 0.1) is 0 Å². The fraction of sp³-hybridized carbons (Fsp3) is 0.240. The number of para-hydroxylation sites is 1. The Hall–Kier alpha value is -3.57. The number of carbonyl (C=O) groups is 1. The summed E-state index contributed by atoms with van der Waals surface area (Å²) in [6.07, 6.45) is 1.12. The molecule has 1 unspecified atom stereocenters. The van der Waals surface area contributed by atoms with E-state index in [1.165, 1.54) is 44.6 Å². The van der Waals surface area contributed by atoms with Crippen molar-refractivity contribution in [2.45, 2.75) is 22.8 Å². The first-order valence-electron chi connectivity index (χ1n) is 10.9. The Balaban J connectivity index is 1.88. The van der Waals surface area contributed by atoms with Crippen molar-refractivity contribution in [1.82, 2.24) is 5.32 Å². The van der Waals surface area contributed by atoms with E-state index < -0.39 is 38.4 Å². The zero-order chi connectivity index (χ0) is 26.5. The van der Waals surface area contributed by atoms with Gasteiger partial charge in [-0.1, -0.05) is 30.3 Å². The molecule has 3 aromatic rings. The monoisotopic (exact) mass is 532 g/mol. The van der Waals surface area contributed by atoms with Gasteiger partial charge in [-0.05, 0) is 48.9 Å². The predicted molar refractivity (Wildman–Crippen MR) is 137 cm³/mol. The summed E-state index contributed by atoms with van der Waals surface area (Å²) in [5.74, 6) is 0.0703. The maximum Gasteiger partial charge on any atom is 0.264 e. The van der Waals surface area contributed by atoms with Crippen LogP contribution in [0.3, 0.4) is 0 Å². The highest BCUT2D eigenvalue weighted by atomic mass is 32.2. The largest absolute Gasteiger partial charge is 0.493 e. The lowest BCUT2D eigenvalue weighted by molar-refractivity contribution is -0.120. The normalized spacial score (nSPS) is 12.4. The number of sulfone groups is 1. The molecule has 0 saturated heterocycles. The van der Waals surface area contributed by atoms with Gasteiger partial charge in [0.1, 0.15) is 6.54 Å². The van der Waals surface area contributed by atoms with Crippen molar-refractivity contribution in [3.63, 3.8) is 0 Å². The van der Waals surface area contributed by atoms with Crippen LogP contribution in [0.5, 0.6) is 11.5 Å². The highest BCUT2D eigenvalue weighted by Crippen LogP contribution is 2.32. The van der Waals surface area contributed by atoms with Gasteiger partial charge >= 0.3 is 0 Å². The van der Waals surface area contributed by atoms with E-state index in [1.807, 2.05) is 0 Å². The van der Waals surface area contributed by atoms with Crippen LogP contribution in [0.1, 0.15) is 18.5 Å². The zero-order valence-electron chi connectivity index (χ0n) is 20.3. The molecule has 0 fully saturated rings. The molecule has 3 rings (SSSR count). The van der Waals surface area contributed by atoms with Gasteiger partial charge in [-0.15, -0.1) is 0 Å². The van der Waals surface area contributed by atoms with Gasteiger partial charge in [-0.25, -0.2) is 16.8 Å². The molecule has 9 nitrogen and oxygen atoms in total. The van der Waals surface area contributed by atoms with E-state index in [2.05, 4.69) is 5.32 Å².